The lowest BCUT2D eigenvalue weighted by atomic mass is 9.95. The molecule has 3 aromatic heterocycles. The highest BCUT2D eigenvalue weighted by Crippen LogP contribution is 2.22. The molecule has 2 aromatic carbocycles. The number of carbonyl (C=O) groups is 9. The number of amides is 8. The van der Waals surface area contributed by atoms with Gasteiger partial charge in [-0.2, -0.15) is 0 Å². The van der Waals surface area contributed by atoms with E-state index in [2.05, 4.69) is 72.5 Å². The van der Waals surface area contributed by atoms with Gasteiger partial charge in [-0.15, -0.1) is 0 Å². The molecule has 0 bridgehead atoms. The van der Waals surface area contributed by atoms with Crippen molar-refractivity contribution in [2.75, 3.05) is 13.1 Å². The monoisotopic (exact) mass is 1250 g/mol. The zero-order chi connectivity index (χ0) is 66.2. The minimum atomic E-state index is -1.41. The zero-order valence-corrected chi connectivity index (χ0v) is 52.2. The second-order valence-electron chi connectivity index (χ2n) is 23.2. The summed E-state index contributed by atoms with van der Waals surface area (Å²) in [4.78, 5) is 148. The molecule has 0 saturated heterocycles. The third-order valence-electron chi connectivity index (χ3n) is 15.6. The fourth-order valence-electron chi connectivity index (χ4n) is 10.1. The van der Waals surface area contributed by atoms with Gasteiger partial charge in [0.25, 0.3) is 0 Å². The van der Waals surface area contributed by atoms with Crippen LogP contribution in [0.5, 0.6) is 0 Å². The molecule has 29 nitrogen and oxygen atoms in total. The number of carboxylic acids is 1. The summed E-state index contributed by atoms with van der Waals surface area (Å²) in [5, 5.41) is 33.6. The number of hydrogen-bond acceptors (Lipinski definition) is 13. The van der Waals surface area contributed by atoms with E-state index in [0.717, 1.165) is 21.8 Å². The largest absolute Gasteiger partial charge is 0.480 e. The van der Waals surface area contributed by atoms with E-state index in [1.165, 1.54) is 19.4 Å². The molecule has 8 amide bonds. The van der Waals surface area contributed by atoms with Crippen LogP contribution in [0, 0.1) is 17.8 Å². The summed E-state index contributed by atoms with van der Waals surface area (Å²) >= 11 is 0. The number of hydrogen-bond donors (Lipinski definition) is 17. The quantitative estimate of drug-likeness (QED) is 0.0141. The highest BCUT2D eigenvalue weighted by molar-refractivity contribution is 5.99. The molecule has 0 saturated carbocycles. The number of fused-ring (bicyclic) bond motifs is 2. The Morgan fingerprint density at radius 1 is 0.522 bits per heavy atom. The second-order valence-corrected chi connectivity index (χ2v) is 23.2. The van der Waals surface area contributed by atoms with Gasteiger partial charge in [-0.1, -0.05) is 90.8 Å². The Morgan fingerprint density at radius 2 is 0.967 bits per heavy atom. The van der Waals surface area contributed by atoms with E-state index in [1.54, 1.807) is 26.2 Å². The van der Waals surface area contributed by atoms with Gasteiger partial charge in [0, 0.05) is 78.4 Å². The van der Waals surface area contributed by atoms with Crippen LogP contribution in [-0.2, 0) is 62.4 Å². The topological polar surface area (TPSA) is 485 Å². The van der Waals surface area contributed by atoms with Crippen LogP contribution in [0.1, 0.15) is 110 Å². The van der Waals surface area contributed by atoms with Crippen LogP contribution in [0.15, 0.2) is 83.4 Å². The van der Waals surface area contributed by atoms with Crippen molar-refractivity contribution in [2.24, 2.45) is 56.4 Å². The van der Waals surface area contributed by atoms with E-state index in [4.69, 9.17) is 28.7 Å². The maximum Gasteiger partial charge on any atom is 0.326 e. The number of rotatable bonds is 37. The minimum Gasteiger partial charge on any atom is -0.480 e. The summed E-state index contributed by atoms with van der Waals surface area (Å²) in [6.45, 7) is 12.5. The molecule has 0 aliphatic carbocycles. The summed E-state index contributed by atoms with van der Waals surface area (Å²) in [7, 11) is 0. The lowest BCUT2D eigenvalue weighted by Crippen LogP contribution is -2.62. The lowest BCUT2D eigenvalue weighted by Gasteiger charge is -2.31. The molecule has 29 heteroatoms. The van der Waals surface area contributed by atoms with Gasteiger partial charge in [0.05, 0.1) is 12.4 Å². The van der Waals surface area contributed by atoms with E-state index in [0.29, 0.717) is 36.1 Å². The first kappa shape index (κ1) is 71.2. The molecule has 490 valence electrons. The predicted octanol–water partition coefficient (Wildman–Crippen LogP) is -0.0441. The van der Waals surface area contributed by atoms with Crippen molar-refractivity contribution in [3.05, 3.63) is 90.3 Å². The van der Waals surface area contributed by atoms with Crippen LogP contribution in [0.4, 0.5) is 0 Å². The van der Waals surface area contributed by atoms with Crippen molar-refractivity contribution < 1.29 is 48.3 Å². The number of aromatic amines is 3. The van der Waals surface area contributed by atoms with Gasteiger partial charge in [-0.05, 0) is 80.0 Å². The number of aliphatic imine (C=N–C) groups is 2. The van der Waals surface area contributed by atoms with E-state index in [9.17, 15) is 48.3 Å². The Labute approximate surface area is 522 Å². The number of carboxylic acid groups (broad SMARTS) is 1. The number of benzene rings is 2. The summed E-state index contributed by atoms with van der Waals surface area (Å²) < 4.78 is 0. The number of aromatic nitrogens is 4. The average molecular weight is 1250 g/mol. The Morgan fingerprint density at radius 3 is 1.46 bits per heavy atom. The summed E-state index contributed by atoms with van der Waals surface area (Å²) in [5.74, 6) is -8.88. The average Bonchev–Trinajstić information content (AvgIpc) is 4.12. The summed E-state index contributed by atoms with van der Waals surface area (Å²) in [6.07, 6.45) is 7.54. The van der Waals surface area contributed by atoms with Crippen molar-refractivity contribution in [3.63, 3.8) is 0 Å². The number of carbonyl (C=O) groups excluding carboxylic acids is 8. The number of nitrogens with zero attached hydrogens (tertiary/aromatic N) is 3. The highest BCUT2D eigenvalue weighted by Gasteiger charge is 2.37. The molecule has 90 heavy (non-hydrogen) atoms. The van der Waals surface area contributed by atoms with Crippen LogP contribution in [0.2, 0.25) is 0 Å². The number of nitrogens with one attached hydrogen (secondary N) is 11. The van der Waals surface area contributed by atoms with E-state index in [-0.39, 0.29) is 75.9 Å². The van der Waals surface area contributed by atoms with Gasteiger partial charge in [0.2, 0.25) is 47.3 Å². The van der Waals surface area contributed by atoms with Gasteiger partial charge in [0.15, 0.2) is 11.9 Å². The summed E-state index contributed by atoms with van der Waals surface area (Å²) in [6, 6.07) is 3.30. The van der Waals surface area contributed by atoms with Crippen molar-refractivity contribution in [1.82, 2.24) is 62.5 Å². The van der Waals surface area contributed by atoms with E-state index >= 15 is 0 Å². The van der Waals surface area contributed by atoms with Gasteiger partial charge in [-0.25, -0.2) is 9.78 Å². The molecular weight excluding hydrogens is 1160 g/mol. The molecule has 0 unspecified atom stereocenters. The number of aliphatic carboxylic acids is 1. The van der Waals surface area contributed by atoms with Crippen molar-refractivity contribution in [2.45, 2.75) is 167 Å². The molecule has 0 fully saturated rings. The van der Waals surface area contributed by atoms with Crippen LogP contribution in [-0.4, -0.2) is 158 Å². The first-order valence-electron chi connectivity index (χ1n) is 30.4. The number of guanidine groups is 2. The van der Waals surface area contributed by atoms with Gasteiger partial charge < -0.3 is 91.3 Å². The SMILES string of the molecule is CC[C@H](C)[C@H](NC(=O)[C@H](C)NC(=O)[C@H](Cc1c[nH]c2ccccc12)NC(=O)[C@@H](N)CCCN=C(N)N)C(=O)N[C@@H](Cc1c[nH]c2ccccc12)C(=O)N[C@H](C(=O)N[C@@H](CC(C)C)C(=O)N[C@@H](CCCN=C(N)N)C(=O)N[C@@H](Cc1cnc[nH]1)C(=O)O)[C@@H](C)CC. The minimum absolute atomic E-state index is 0.0125. The molecular formula is C61H91N19O10. The van der Waals surface area contributed by atoms with Crippen LogP contribution >= 0.6 is 0 Å². The maximum atomic E-state index is 15.0. The molecule has 3 heterocycles. The predicted molar refractivity (Wildman–Crippen MR) is 341 cm³/mol. The van der Waals surface area contributed by atoms with Crippen LogP contribution < -0.4 is 71.2 Å². The Bertz CT molecular complexity index is 3280. The van der Waals surface area contributed by atoms with Gasteiger partial charge in [-0.3, -0.25) is 48.3 Å². The molecule has 0 radical (unpaired) electrons. The molecule has 0 aliphatic heterocycles. The number of para-hydroxylation sites is 2. The summed E-state index contributed by atoms with van der Waals surface area (Å²) in [5.41, 5.74) is 31.5. The molecule has 5 rings (SSSR count). The third-order valence-corrected chi connectivity index (χ3v) is 15.6. The van der Waals surface area contributed by atoms with Crippen molar-refractivity contribution >= 4 is 87.0 Å². The molecule has 5 aromatic rings. The van der Waals surface area contributed by atoms with E-state index in [1.807, 2.05) is 76.2 Å². The molecule has 22 N–H and O–H groups in total. The highest BCUT2D eigenvalue weighted by atomic mass is 16.4. The van der Waals surface area contributed by atoms with Crippen LogP contribution in [0.3, 0.4) is 0 Å². The third kappa shape index (κ3) is 21.6. The van der Waals surface area contributed by atoms with E-state index < -0.39 is 119 Å². The lowest BCUT2D eigenvalue weighted by molar-refractivity contribution is -0.142. The first-order chi connectivity index (χ1) is 42.8. The van der Waals surface area contributed by atoms with Crippen LogP contribution in [0.25, 0.3) is 21.8 Å². The molecule has 0 spiro atoms. The normalized spacial score (nSPS) is 15.0. The smallest absolute Gasteiger partial charge is 0.326 e. The zero-order valence-electron chi connectivity index (χ0n) is 52.2. The van der Waals surface area contributed by atoms with Crippen molar-refractivity contribution in [1.29, 1.82) is 0 Å². The number of imidazole rings is 1. The van der Waals surface area contributed by atoms with Crippen molar-refractivity contribution in [3.8, 4) is 0 Å². The number of nitrogens with two attached hydrogens (primary N) is 5. The van der Waals surface area contributed by atoms with Gasteiger partial charge in [0.1, 0.15) is 48.3 Å². The number of H-pyrrole nitrogens is 3. The maximum absolute atomic E-state index is 15.0. The Kier molecular flexibility index (Phi) is 27.6. The Hall–Kier alpha value is -9.54. The Balaban J connectivity index is 1.37. The fraction of sp³-hybridized carbons (Fsp3) is 0.508. The second kappa shape index (κ2) is 34.9. The van der Waals surface area contributed by atoms with Gasteiger partial charge >= 0.3 is 5.97 Å². The molecule has 0 aliphatic rings. The first-order valence-corrected chi connectivity index (χ1v) is 30.4. The standard InChI is InChI=1S/C61H91N19O10/c1-8-33(5)49(79-51(81)35(7)73-54(84)46(25-36-28-70-42-19-12-10-16-39(36)42)75-52(82)41(62)18-14-22-68-60(63)64)57(87)77-47(26-37-29-71-43-20-13-11-17-40(37)43)56(86)80-50(34(6)9-2)58(88)76-45(24-32(3)4)55(85)74-44(21-15-23-69-61(65)66)53(83)78-48(59(89)90)27-38-30-67-31-72-38/h10-13,16-17,19-20,28-35,41,44-50,70-71H,8-9,14-15,18,21-27,62H2,1-7H3,(H,67,72)(H,73,84)(H,74,85)(H,75,82)(H,76,88)(H,77,87)(H,78,83)(H,79,81)(H,80,86)(H,89,90)(H4,63,64,68)(H4,65,66,69)/t33-,34-,35-,41-,44-,45-,46-,47-,48-,49-,50-/m0/s1. The fourth-order valence-corrected chi connectivity index (χ4v) is 10.1. The molecule has 11 atom stereocenters.